The van der Waals surface area contributed by atoms with E-state index in [1.807, 2.05) is 0 Å². The Morgan fingerprint density at radius 3 is 2.80 bits per heavy atom. The van der Waals surface area contributed by atoms with Crippen LogP contribution in [0, 0.1) is 15.5 Å². The maximum atomic E-state index is 11.2. The summed E-state index contributed by atoms with van der Waals surface area (Å²) in [7, 11) is 0. The SMILES string of the molecule is CCC1(C(=O)O)CCCCC1O[N+](=O)[O-]. The normalized spacial score (nSPS) is 30.9. The van der Waals surface area contributed by atoms with Crippen LogP contribution in [0.5, 0.6) is 0 Å². The fraction of sp³-hybridized carbons (Fsp3) is 0.889. The fourth-order valence-corrected chi connectivity index (χ4v) is 2.27. The molecule has 1 rings (SSSR count). The van der Waals surface area contributed by atoms with Crippen molar-refractivity contribution in [1.29, 1.82) is 0 Å². The van der Waals surface area contributed by atoms with Gasteiger partial charge in [0, 0.05) is 0 Å². The molecule has 0 radical (unpaired) electrons. The monoisotopic (exact) mass is 217 g/mol. The van der Waals surface area contributed by atoms with E-state index in [0.717, 1.165) is 12.8 Å². The molecule has 1 aliphatic rings. The summed E-state index contributed by atoms with van der Waals surface area (Å²) < 4.78 is 0. The third-order valence-electron chi connectivity index (χ3n) is 3.23. The molecule has 0 saturated heterocycles. The van der Waals surface area contributed by atoms with E-state index in [2.05, 4.69) is 4.84 Å². The van der Waals surface area contributed by atoms with Crippen LogP contribution in [0.4, 0.5) is 0 Å². The Kier molecular flexibility index (Phi) is 3.49. The molecule has 1 N–H and O–H groups in total. The first-order chi connectivity index (χ1) is 7.03. The maximum Gasteiger partial charge on any atom is 0.311 e. The van der Waals surface area contributed by atoms with Crippen molar-refractivity contribution in [2.45, 2.75) is 45.1 Å². The van der Waals surface area contributed by atoms with Gasteiger partial charge in [0.2, 0.25) is 0 Å². The lowest BCUT2D eigenvalue weighted by molar-refractivity contribution is -0.772. The van der Waals surface area contributed by atoms with E-state index < -0.39 is 22.6 Å². The van der Waals surface area contributed by atoms with Gasteiger partial charge in [0.05, 0.1) is 5.41 Å². The van der Waals surface area contributed by atoms with E-state index >= 15 is 0 Å². The van der Waals surface area contributed by atoms with E-state index in [1.54, 1.807) is 6.92 Å². The predicted octanol–water partition coefficient (Wildman–Crippen LogP) is 1.62. The standard InChI is InChI=1S/C9H15NO5/c1-2-9(8(11)12)6-4-3-5-7(9)15-10(13)14/h7H,2-6H2,1H3,(H,11,12). The van der Waals surface area contributed by atoms with E-state index in [0.29, 0.717) is 19.3 Å². The zero-order chi connectivity index (χ0) is 11.5. The van der Waals surface area contributed by atoms with E-state index in [1.165, 1.54) is 0 Å². The minimum absolute atomic E-state index is 0.362. The second-order valence-electron chi connectivity index (χ2n) is 3.88. The molecular formula is C9H15NO5. The van der Waals surface area contributed by atoms with E-state index in [9.17, 15) is 14.9 Å². The number of hydrogen-bond acceptors (Lipinski definition) is 4. The summed E-state index contributed by atoms with van der Waals surface area (Å²) in [6.45, 7) is 1.73. The van der Waals surface area contributed by atoms with Gasteiger partial charge >= 0.3 is 5.97 Å². The molecule has 0 aromatic rings. The van der Waals surface area contributed by atoms with Gasteiger partial charge in [0.1, 0.15) is 6.10 Å². The van der Waals surface area contributed by atoms with Crippen molar-refractivity contribution in [1.82, 2.24) is 0 Å². The number of nitrogens with zero attached hydrogens (tertiary/aromatic N) is 1. The molecule has 0 bridgehead atoms. The summed E-state index contributed by atoms with van der Waals surface area (Å²) in [5, 5.41) is 18.6. The fourth-order valence-electron chi connectivity index (χ4n) is 2.27. The van der Waals surface area contributed by atoms with Crippen LogP contribution < -0.4 is 0 Å². The van der Waals surface area contributed by atoms with Crippen LogP contribution in [0.2, 0.25) is 0 Å². The van der Waals surface area contributed by atoms with Gasteiger partial charge in [-0.15, -0.1) is 10.1 Å². The lowest BCUT2D eigenvalue weighted by Gasteiger charge is -2.38. The summed E-state index contributed by atoms with van der Waals surface area (Å²) in [5.74, 6) is -0.989. The van der Waals surface area contributed by atoms with Crippen LogP contribution in [0.1, 0.15) is 39.0 Å². The molecule has 86 valence electrons. The Hall–Kier alpha value is -1.33. The molecule has 2 unspecified atom stereocenters. The molecule has 2 atom stereocenters. The second kappa shape index (κ2) is 4.46. The van der Waals surface area contributed by atoms with Crippen LogP contribution in [0.15, 0.2) is 0 Å². The molecular weight excluding hydrogens is 202 g/mol. The molecule has 1 aliphatic carbocycles. The average Bonchev–Trinajstić information content (AvgIpc) is 2.17. The van der Waals surface area contributed by atoms with E-state index in [4.69, 9.17) is 5.11 Å². The van der Waals surface area contributed by atoms with E-state index in [-0.39, 0.29) is 0 Å². The van der Waals surface area contributed by atoms with Crippen molar-refractivity contribution in [3.05, 3.63) is 10.1 Å². The van der Waals surface area contributed by atoms with Gasteiger partial charge in [-0.1, -0.05) is 19.8 Å². The number of carboxylic acid groups (broad SMARTS) is 1. The molecule has 15 heavy (non-hydrogen) atoms. The van der Waals surface area contributed by atoms with Gasteiger partial charge in [-0.2, -0.15) is 0 Å². The van der Waals surface area contributed by atoms with Gasteiger partial charge in [0.25, 0.3) is 5.09 Å². The average molecular weight is 217 g/mol. The number of hydrogen-bond donors (Lipinski definition) is 1. The first-order valence-corrected chi connectivity index (χ1v) is 5.07. The van der Waals surface area contributed by atoms with Crippen molar-refractivity contribution in [3.63, 3.8) is 0 Å². The summed E-state index contributed by atoms with van der Waals surface area (Å²) in [6, 6.07) is 0. The topological polar surface area (TPSA) is 89.7 Å². The van der Waals surface area contributed by atoms with Crippen molar-refractivity contribution in [2.75, 3.05) is 0 Å². The molecule has 0 aliphatic heterocycles. The lowest BCUT2D eigenvalue weighted by atomic mass is 9.70. The molecule has 0 heterocycles. The van der Waals surface area contributed by atoms with Crippen LogP contribution in [-0.4, -0.2) is 22.3 Å². The predicted molar refractivity (Wildman–Crippen MR) is 50.7 cm³/mol. The lowest BCUT2D eigenvalue weighted by Crippen LogP contribution is -2.46. The van der Waals surface area contributed by atoms with Gasteiger partial charge in [-0.05, 0) is 19.3 Å². The van der Waals surface area contributed by atoms with Crippen LogP contribution >= 0.6 is 0 Å². The molecule has 1 fully saturated rings. The van der Waals surface area contributed by atoms with Crippen molar-refractivity contribution >= 4 is 5.97 Å². The molecule has 0 aromatic heterocycles. The molecule has 6 heteroatoms. The Balaban J connectivity index is 2.87. The van der Waals surface area contributed by atoms with Crippen LogP contribution in [0.25, 0.3) is 0 Å². The number of carboxylic acids is 1. The van der Waals surface area contributed by atoms with Gasteiger partial charge in [-0.3, -0.25) is 4.79 Å². The highest BCUT2D eigenvalue weighted by Gasteiger charge is 2.48. The highest BCUT2D eigenvalue weighted by molar-refractivity contribution is 5.75. The Labute approximate surface area is 87.3 Å². The third-order valence-corrected chi connectivity index (χ3v) is 3.23. The maximum absolute atomic E-state index is 11.2. The smallest absolute Gasteiger partial charge is 0.311 e. The van der Waals surface area contributed by atoms with Gasteiger partial charge in [-0.25, -0.2) is 0 Å². The molecule has 0 spiro atoms. The Bertz CT molecular complexity index is 267. The van der Waals surface area contributed by atoms with Crippen molar-refractivity contribution in [2.24, 2.45) is 5.41 Å². The van der Waals surface area contributed by atoms with Crippen molar-refractivity contribution < 1.29 is 19.8 Å². The minimum atomic E-state index is -1.08. The zero-order valence-corrected chi connectivity index (χ0v) is 8.64. The van der Waals surface area contributed by atoms with Crippen LogP contribution in [0.3, 0.4) is 0 Å². The number of rotatable bonds is 4. The summed E-state index contributed by atoms with van der Waals surface area (Å²) in [5.41, 5.74) is -1.08. The van der Waals surface area contributed by atoms with Gasteiger partial charge in [0.15, 0.2) is 0 Å². The first-order valence-electron chi connectivity index (χ1n) is 5.07. The number of carbonyl (C=O) groups is 1. The third kappa shape index (κ3) is 2.19. The highest BCUT2D eigenvalue weighted by Crippen LogP contribution is 2.41. The largest absolute Gasteiger partial charge is 0.481 e. The molecule has 1 saturated carbocycles. The summed E-state index contributed by atoms with van der Waals surface area (Å²) in [4.78, 5) is 26.0. The first kappa shape index (κ1) is 11.7. The molecule has 6 nitrogen and oxygen atoms in total. The summed E-state index contributed by atoms with van der Waals surface area (Å²) in [6.07, 6.45) is 2.04. The highest BCUT2D eigenvalue weighted by atomic mass is 17.0. The van der Waals surface area contributed by atoms with Crippen LogP contribution in [-0.2, 0) is 9.63 Å². The zero-order valence-electron chi connectivity index (χ0n) is 8.64. The quantitative estimate of drug-likeness (QED) is 0.570. The van der Waals surface area contributed by atoms with Crippen molar-refractivity contribution in [3.8, 4) is 0 Å². The summed E-state index contributed by atoms with van der Waals surface area (Å²) >= 11 is 0. The molecule has 0 amide bonds. The van der Waals surface area contributed by atoms with Gasteiger partial charge < -0.3 is 9.94 Å². The second-order valence-corrected chi connectivity index (χ2v) is 3.88. The Morgan fingerprint density at radius 1 is 1.67 bits per heavy atom. The molecule has 0 aromatic carbocycles. The minimum Gasteiger partial charge on any atom is -0.481 e. The number of aliphatic carboxylic acids is 1. The Morgan fingerprint density at radius 2 is 2.33 bits per heavy atom.